The number of ether oxygens (including phenoxy) is 3. The normalized spacial score (nSPS) is 28.4. The summed E-state index contributed by atoms with van der Waals surface area (Å²) in [6, 6.07) is 0. The van der Waals surface area contributed by atoms with Gasteiger partial charge < -0.3 is 24.4 Å². The number of allylic oxidation sites excluding steroid dienone is 3. The van der Waals surface area contributed by atoms with Gasteiger partial charge in [-0.3, -0.25) is 4.79 Å². The third-order valence-corrected chi connectivity index (χ3v) is 5.80. The van der Waals surface area contributed by atoms with Crippen molar-refractivity contribution in [2.45, 2.75) is 110 Å². The van der Waals surface area contributed by atoms with E-state index in [4.69, 9.17) is 14.2 Å². The van der Waals surface area contributed by atoms with Crippen molar-refractivity contribution in [1.29, 1.82) is 0 Å². The summed E-state index contributed by atoms with van der Waals surface area (Å²) < 4.78 is 17.0. The molecule has 0 bridgehead atoms. The van der Waals surface area contributed by atoms with Crippen LogP contribution in [-0.2, 0) is 19.0 Å². The van der Waals surface area contributed by atoms with Gasteiger partial charge in [0.1, 0.15) is 0 Å². The zero-order valence-corrected chi connectivity index (χ0v) is 20.6. The van der Waals surface area contributed by atoms with E-state index in [0.717, 1.165) is 12.0 Å². The topological polar surface area (TPSA) is 85.2 Å². The molecule has 1 fully saturated rings. The Bertz CT molecular complexity index is 609. The van der Waals surface area contributed by atoms with Crippen LogP contribution in [0, 0.1) is 11.8 Å². The number of esters is 1. The Morgan fingerprint density at radius 2 is 1.94 bits per heavy atom. The first kappa shape index (κ1) is 27.8. The molecule has 0 spiro atoms. The molecule has 1 aliphatic rings. The van der Waals surface area contributed by atoms with E-state index in [1.807, 2.05) is 32.9 Å². The van der Waals surface area contributed by atoms with E-state index in [1.165, 1.54) is 7.11 Å². The van der Waals surface area contributed by atoms with Crippen LogP contribution in [0.1, 0.15) is 74.1 Å². The fraction of sp³-hybridized carbons (Fsp3) is 0.800. The van der Waals surface area contributed by atoms with E-state index in [1.54, 1.807) is 6.92 Å². The van der Waals surface area contributed by atoms with Crippen LogP contribution >= 0.6 is 0 Å². The molecule has 0 amide bonds. The summed E-state index contributed by atoms with van der Waals surface area (Å²) in [5, 5.41) is 20.0. The SMILES string of the molecule is COC(=O)C[C@H]1C[C@@H](O)[C@H](C)[C@@H](/C(C)=C/C=C/[C@@H](C)CC(C)(C)OC(C)C[C@@H](C)O)O1. The third-order valence-electron chi connectivity index (χ3n) is 5.80. The number of hydrogen-bond acceptors (Lipinski definition) is 6. The summed E-state index contributed by atoms with van der Waals surface area (Å²) >= 11 is 0. The summed E-state index contributed by atoms with van der Waals surface area (Å²) in [7, 11) is 1.36. The number of aliphatic hydroxyl groups is 2. The van der Waals surface area contributed by atoms with Gasteiger partial charge in [-0.1, -0.05) is 32.1 Å². The van der Waals surface area contributed by atoms with Crippen molar-refractivity contribution in [3.05, 3.63) is 23.8 Å². The van der Waals surface area contributed by atoms with Gasteiger partial charge in [0, 0.05) is 12.3 Å². The van der Waals surface area contributed by atoms with E-state index >= 15 is 0 Å². The van der Waals surface area contributed by atoms with Crippen molar-refractivity contribution >= 4 is 5.97 Å². The van der Waals surface area contributed by atoms with Gasteiger partial charge in [-0.25, -0.2) is 0 Å². The molecule has 1 unspecified atom stereocenters. The molecule has 31 heavy (non-hydrogen) atoms. The number of rotatable bonds is 11. The Kier molecular flexibility index (Phi) is 11.4. The van der Waals surface area contributed by atoms with Crippen molar-refractivity contribution < 1.29 is 29.2 Å². The van der Waals surface area contributed by atoms with Gasteiger partial charge in [-0.05, 0) is 59.0 Å². The van der Waals surface area contributed by atoms with E-state index in [0.29, 0.717) is 18.8 Å². The minimum absolute atomic E-state index is 0.00243. The predicted molar refractivity (Wildman–Crippen MR) is 123 cm³/mol. The molecule has 0 aliphatic carbocycles. The van der Waals surface area contributed by atoms with Crippen LogP contribution in [0.3, 0.4) is 0 Å². The predicted octanol–water partition coefficient (Wildman–Crippen LogP) is 4.19. The van der Waals surface area contributed by atoms with E-state index < -0.39 is 6.10 Å². The molecule has 7 atom stereocenters. The molecule has 0 radical (unpaired) electrons. The molecule has 1 heterocycles. The lowest BCUT2D eigenvalue weighted by Crippen LogP contribution is -2.44. The summed E-state index contributed by atoms with van der Waals surface area (Å²) in [6.07, 6.45) is 6.82. The van der Waals surface area contributed by atoms with Crippen LogP contribution in [0.15, 0.2) is 23.8 Å². The fourth-order valence-electron chi connectivity index (χ4n) is 4.45. The van der Waals surface area contributed by atoms with Crippen LogP contribution < -0.4 is 0 Å². The quantitative estimate of drug-likeness (QED) is 0.370. The van der Waals surface area contributed by atoms with Crippen LogP contribution in [0.25, 0.3) is 0 Å². The molecule has 1 rings (SSSR count). The van der Waals surface area contributed by atoms with Crippen LogP contribution in [0.4, 0.5) is 0 Å². The van der Waals surface area contributed by atoms with Crippen LogP contribution in [0.5, 0.6) is 0 Å². The highest BCUT2D eigenvalue weighted by atomic mass is 16.5. The lowest BCUT2D eigenvalue weighted by atomic mass is 9.86. The first-order valence-corrected chi connectivity index (χ1v) is 11.5. The zero-order valence-electron chi connectivity index (χ0n) is 20.6. The maximum atomic E-state index is 11.6. The van der Waals surface area contributed by atoms with Gasteiger partial charge in [-0.15, -0.1) is 0 Å². The van der Waals surface area contributed by atoms with Crippen LogP contribution in [0.2, 0.25) is 0 Å². The molecular weight excluding hydrogens is 396 g/mol. The largest absolute Gasteiger partial charge is 0.469 e. The van der Waals surface area contributed by atoms with Crippen molar-refractivity contribution in [2.75, 3.05) is 7.11 Å². The molecule has 0 aromatic carbocycles. The average molecular weight is 441 g/mol. The summed E-state index contributed by atoms with van der Waals surface area (Å²) in [6.45, 7) is 14.1. The zero-order chi connectivity index (χ0) is 23.8. The molecule has 6 nitrogen and oxygen atoms in total. The average Bonchev–Trinajstić information content (AvgIpc) is 2.62. The highest BCUT2D eigenvalue weighted by molar-refractivity contribution is 5.69. The lowest BCUT2D eigenvalue weighted by Gasteiger charge is -2.38. The molecule has 2 N–H and O–H groups in total. The second-order valence-electron chi connectivity index (χ2n) is 9.87. The van der Waals surface area contributed by atoms with Gasteiger partial charge in [0.25, 0.3) is 0 Å². The van der Waals surface area contributed by atoms with Crippen molar-refractivity contribution in [3.63, 3.8) is 0 Å². The fourth-order valence-corrected chi connectivity index (χ4v) is 4.45. The third kappa shape index (κ3) is 10.3. The molecule has 6 heteroatoms. The molecule has 0 aromatic heterocycles. The maximum Gasteiger partial charge on any atom is 0.308 e. The number of hydrogen-bond donors (Lipinski definition) is 2. The van der Waals surface area contributed by atoms with Gasteiger partial charge in [0.05, 0.1) is 49.7 Å². The second kappa shape index (κ2) is 12.7. The van der Waals surface area contributed by atoms with Crippen molar-refractivity contribution in [3.8, 4) is 0 Å². The summed E-state index contributed by atoms with van der Waals surface area (Å²) in [5.74, 6) is -0.0627. The number of carbonyl (C=O) groups excluding carboxylic acids is 1. The Morgan fingerprint density at radius 1 is 1.29 bits per heavy atom. The van der Waals surface area contributed by atoms with Gasteiger partial charge in [0.2, 0.25) is 0 Å². The molecule has 1 saturated heterocycles. The Hall–Kier alpha value is -1.21. The Labute approximate surface area is 188 Å². The first-order valence-electron chi connectivity index (χ1n) is 11.5. The standard InChI is InChI=1S/C25H44O6/c1-16(15-25(6,7)31-19(4)12-18(3)26)10-9-11-17(2)24-20(5)22(27)13-21(30-24)14-23(28)29-8/h9-11,16,18-22,24,26-27H,12-15H2,1-8H3/b10-9+,17-11+/t16-,18-,19?,20+,21-,22-,24-/m1/s1. The second-order valence-corrected chi connectivity index (χ2v) is 9.87. The van der Waals surface area contributed by atoms with Gasteiger partial charge in [0.15, 0.2) is 0 Å². The van der Waals surface area contributed by atoms with E-state index in [2.05, 4.69) is 26.8 Å². The van der Waals surface area contributed by atoms with Gasteiger partial charge in [-0.2, -0.15) is 0 Å². The van der Waals surface area contributed by atoms with Gasteiger partial charge >= 0.3 is 5.97 Å². The molecule has 1 aliphatic heterocycles. The smallest absolute Gasteiger partial charge is 0.308 e. The molecular formula is C25H44O6. The number of carbonyl (C=O) groups is 1. The van der Waals surface area contributed by atoms with E-state index in [9.17, 15) is 15.0 Å². The van der Waals surface area contributed by atoms with E-state index in [-0.39, 0.29) is 48.3 Å². The number of methoxy groups -OCH3 is 1. The Morgan fingerprint density at radius 3 is 2.52 bits per heavy atom. The first-order chi connectivity index (χ1) is 14.3. The molecule has 180 valence electrons. The maximum absolute atomic E-state index is 11.6. The van der Waals surface area contributed by atoms with Crippen LogP contribution in [-0.4, -0.2) is 59.4 Å². The van der Waals surface area contributed by atoms with Crippen molar-refractivity contribution in [1.82, 2.24) is 0 Å². The minimum atomic E-state index is -0.513. The Balaban J connectivity index is 2.68. The summed E-state index contributed by atoms with van der Waals surface area (Å²) in [5.41, 5.74) is 0.730. The monoisotopic (exact) mass is 440 g/mol. The minimum Gasteiger partial charge on any atom is -0.469 e. The lowest BCUT2D eigenvalue weighted by molar-refractivity contribution is -0.153. The van der Waals surface area contributed by atoms with Crippen molar-refractivity contribution in [2.24, 2.45) is 11.8 Å². The highest BCUT2D eigenvalue weighted by Gasteiger charge is 2.36. The number of aliphatic hydroxyl groups excluding tert-OH is 2. The summed E-state index contributed by atoms with van der Waals surface area (Å²) in [4.78, 5) is 11.6. The molecule has 0 saturated carbocycles. The highest BCUT2D eigenvalue weighted by Crippen LogP contribution is 2.31. The molecule has 0 aromatic rings.